The Morgan fingerprint density at radius 1 is 1.27 bits per heavy atom. The summed E-state index contributed by atoms with van der Waals surface area (Å²) < 4.78 is 0. The maximum atomic E-state index is 4.22. The van der Waals surface area contributed by atoms with Crippen LogP contribution in [-0.2, 0) is 0 Å². The fourth-order valence-electron chi connectivity index (χ4n) is 1.12. The number of aromatic amines is 1. The Morgan fingerprint density at radius 3 is 2.80 bits per heavy atom. The van der Waals surface area contributed by atoms with Crippen LogP contribution in [-0.4, -0.2) is 32.7 Å². The first-order valence-electron chi connectivity index (χ1n) is 4.52. The number of hydrogen-bond donors (Lipinski definition) is 3. The van der Waals surface area contributed by atoms with Gasteiger partial charge in [-0.3, -0.25) is 5.10 Å². The Morgan fingerprint density at radius 2 is 2.13 bits per heavy atom. The van der Waals surface area contributed by atoms with Gasteiger partial charge in [0.25, 0.3) is 0 Å². The Kier molecular flexibility index (Phi) is 2.86. The van der Waals surface area contributed by atoms with Crippen molar-refractivity contribution in [1.29, 1.82) is 0 Å². The largest absolute Gasteiger partial charge is 0.323 e. The third-order valence-electron chi connectivity index (χ3n) is 1.87. The molecule has 6 heteroatoms. The van der Waals surface area contributed by atoms with Crippen LogP contribution in [0.3, 0.4) is 0 Å². The summed E-state index contributed by atoms with van der Waals surface area (Å²) in [5.74, 6) is 1.54. The van der Waals surface area contributed by atoms with Crippen molar-refractivity contribution in [3.63, 3.8) is 0 Å². The second-order valence-electron chi connectivity index (χ2n) is 3.24. The molecule has 0 spiro atoms. The molecule has 0 aliphatic carbocycles. The molecule has 0 bridgehead atoms. The standard InChI is InChI=1S/C9H13N5S/c1-15(2)9-5-8(10-6-11-9)13-7-3-4-12-14-7/h3-6,15H,1-2H3,(H2,10,11,12,13,14). The SMILES string of the molecule is C[SH](C)c1cc(Nc2cc[nH]n2)ncn1. The Balaban J connectivity index is 2.18. The van der Waals surface area contributed by atoms with Crippen LogP contribution in [0.4, 0.5) is 11.6 Å². The van der Waals surface area contributed by atoms with E-state index in [0.29, 0.717) is 0 Å². The lowest BCUT2D eigenvalue weighted by atomic mass is 10.5. The zero-order valence-electron chi connectivity index (χ0n) is 8.60. The number of hydrogen-bond acceptors (Lipinski definition) is 4. The number of thiol groups is 1. The van der Waals surface area contributed by atoms with Crippen molar-refractivity contribution in [2.24, 2.45) is 0 Å². The minimum absolute atomic E-state index is 0.194. The third-order valence-corrected chi connectivity index (χ3v) is 3.03. The number of nitrogens with zero attached hydrogens (tertiary/aromatic N) is 3. The molecule has 0 aromatic carbocycles. The predicted molar refractivity (Wildman–Crippen MR) is 63.0 cm³/mol. The van der Waals surface area contributed by atoms with Crippen molar-refractivity contribution < 1.29 is 0 Å². The first-order valence-corrected chi connectivity index (χ1v) is 6.75. The topological polar surface area (TPSA) is 66.5 Å². The lowest BCUT2D eigenvalue weighted by Gasteiger charge is -2.09. The molecule has 80 valence electrons. The highest BCUT2D eigenvalue weighted by Crippen LogP contribution is 2.27. The summed E-state index contributed by atoms with van der Waals surface area (Å²) in [7, 11) is -0.194. The normalized spacial score (nSPS) is 11.2. The molecule has 2 heterocycles. The van der Waals surface area contributed by atoms with Gasteiger partial charge in [-0.25, -0.2) is 20.9 Å². The maximum Gasteiger partial charge on any atom is 0.153 e. The van der Waals surface area contributed by atoms with Crippen molar-refractivity contribution in [1.82, 2.24) is 20.2 Å². The van der Waals surface area contributed by atoms with Gasteiger partial charge in [0.15, 0.2) is 5.82 Å². The van der Waals surface area contributed by atoms with E-state index < -0.39 is 0 Å². The van der Waals surface area contributed by atoms with Crippen molar-refractivity contribution in [3.8, 4) is 0 Å². The molecule has 2 N–H and O–H groups in total. The molecule has 0 radical (unpaired) electrons. The van der Waals surface area contributed by atoms with Gasteiger partial charge in [0.05, 0.1) is 5.03 Å². The molecule has 0 atom stereocenters. The highest BCUT2D eigenvalue weighted by molar-refractivity contribution is 8.15. The summed E-state index contributed by atoms with van der Waals surface area (Å²) in [5.41, 5.74) is 0. The van der Waals surface area contributed by atoms with E-state index in [2.05, 4.69) is 38.0 Å². The summed E-state index contributed by atoms with van der Waals surface area (Å²) in [5, 5.41) is 10.9. The monoisotopic (exact) mass is 223 g/mol. The van der Waals surface area contributed by atoms with Crippen LogP contribution in [0.5, 0.6) is 0 Å². The smallest absolute Gasteiger partial charge is 0.153 e. The molecule has 2 aromatic rings. The van der Waals surface area contributed by atoms with Gasteiger partial charge in [-0.05, 0) is 12.5 Å². The third kappa shape index (κ3) is 2.47. The Labute approximate surface area is 90.7 Å². The first kappa shape index (κ1) is 9.97. The minimum atomic E-state index is -0.194. The first-order chi connectivity index (χ1) is 7.25. The Bertz CT molecular complexity index is 426. The van der Waals surface area contributed by atoms with Crippen LogP contribution in [0.25, 0.3) is 0 Å². The molecule has 0 saturated carbocycles. The summed E-state index contributed by atoms with van der Waals surface area (Å²) in [6.07, 6.45) is 7.66. The zero-order valence-corrected chi connectivity index (χ0v) is 9.49. The maximum absolute atomic E-state index is 4.22. The molecule has 0 unspecified atom stereocenters. The van der Waals surface area contributed by atoms with Crippen molar-refractivity contribution >= 4 is 22.5 Å². The number of aromatic nitrogens is 4. The number of rotatable bonds is 3. The molecule has 2 aromatic heterocycles. The molecule has 0 fully saturated rings. The van der Waals surface area contributed by atoms with Gasteiger partial charge >= 0.3 is 0 Å². The van der Waals surface area contributed by atoms with E-state index in [1.54, 1.807) is 12.5 Å². The minimum Gasteiger partial charge on any atom is -0.323 e. The molecule has 2 rings (SSSR count). The fraction of sp³-hybridized carbons (Fsp3) is 0.222. The van der Waals surface area contributed by atoms with Crippen LogP contribution >= 0.6 is 10.9 Å². The average molecular weight is 223 g/mol. The quantitative estimate of drug-likeness (QED) is 0.546. The van der Waals surface area contributed by atoms with Crippen LogP contribution in [0.1, 0.15) is 0 Å². The zero-order chi connectivity index (χ0) is 10.7. The second-order valence-corrected chi connectivity index (χ2v) is 5.49. The van der Waals surface area contributed by atoms with Crippen LogP contribution < -0.4 is 5.32 Å². The van der Waals surface area contributed by atoms with Crippen molar-refractivity contribution in [3.05, 3.63) is 24.7 Å². The molecule has 15 heavy (non-hydrogen) atoms. The van der Waals surface area contributed by atoms with Gasteiger partial charge in [0, 0.05) is 18.3 Å². The Hall–Kier alpha value is -1.56. The van der Waals surface area contributed by atoms with E-state index in [1.165, 1.54) is 0 Å². The lowest BCUT2D eigenvalue weighted by Crippen LogP contribution is -1.96. The second kappa shape index (κ2) is 4.31. The summed E-state index contributed by atoms with van der Waals surface area (Å²) in [4.78, 5) is 8.35. The van der Waals surface area contributed by atoms with Crippen LogP contribution in [0, 0.1) is 0 Å². The molecule has 0 aliphatic rings. The lowest BCUT2D eigenvalue weighted by molar-refractivity contribution is 1.04. The van der Waals surface area contributed by atoms with Gasteiger partial charge in [0.1, 0.15) is 12.1 Å². The average Bonchev–Trinajstić information content (AvgIpc) is 2.71. The number of H-pyrrole nitrogens is 1. The molecular weight excluding hydrogens is 210 g/mol. The van der Waals surface area contributed by atoms with Crippen molar-refractivity contribution in [2.45, 2.75) is 5.03 Å². The van der Waals surface area contributed by atoms with E-state index in [0.717, 1.165) is 16.7 Å². The molecule has 5 nitrogen and oxygen atoms in total. The van der Waals surface area contributed by atoms with E-state index in [4.69, 9.17) is 0 Å². The van der Waals surface area contributed by atoms with E-state index in [-0.39, 0.29) is 10.9 Å². The van der Waals surface area contributed by atoms with Gasteiger partial charge in [-0.15, -0.1) is 0 Å². The summed E-state index contributed by atoms with van der Waals surface area (Å²) in [6.45, 7) is 0. The molecule has 0 amide bonds. The molecular formula is C9H13N5S. The highest BCUT2D eigenvalue weighted by atomic mass is 32.2. The fourth-order valence-corrected chi connectivity index (χ4v) is 1.78. The summed E-state index contributed by atoms with van der Waals surface area (Å²) >= 11 is 0. The summed E-state index contributed by atoms with van der Waals surface area (Å²) in [6, 6.07) is 3.81. The van der Waals surface area contributed by atoms with E-state index in [1.807, 2.05) is 12.1 Å². The van der Waals surface area contributed by atoms with E-state index >= 15 is 0 Å². The van der Waals surface area contributed by atoms with Crippen molar-refractivity contribution in [2.75, 3.05) is 17.8 Å². The molecule has 0 saturated heterocycles. The predicted octanol–water partition coefficient (Wildman–Crippen LogP) is 1.56. The van der Waals surface area contributed by atoms with Crippen LogP contribution in [0.2, 0.25) is 0 Å². The number of nitrogens with one attached hydrogen (secondary N) is 2. The van der Waals surface area contributed by atoms with Gasteiger partial charge in [-0.2, -0.15) is 5.10 Å². The van der Waals surface area contributed by atoms with E-state index in [9.17, 15) is 0 Å². The van der Waals surface area contributed by atoms with Gasteiger partial charge in [-0.1, -0.05) is 0 Å². The van der Waals surface area contributed by atoms with Gasteiger partial charge < -0.3 is 5.32 Å². The highest BCUT2D eigenvalue weighted by Gasteiger charge is 2.01. The number of anilines is 2. The van der Waals surface area contributed by atoms with Crippen LogP contribution in [0.15, 0.2) is 29.7 Å². The van der Waals surface area contributed by atoms with Gasteiger partial charge in [0.2, 0.25) is 0 Å². The molecule has 0 aliphatic heterocycles.